The highest BCUT2D eigenvalue weighted by molar-refractivity contribution is 5.98. The van der Waals surface area contributed by atoms with E-state index in [0.717, 1.165) is 45.6 Å². The number of aromatic amines is 1. The van der Waals surface area contributed by atoms with Crippen molar-refractivity contribution in [2.45, 2.75) is 13.5 Å². The summed E-state index contributed by atoms with van der Waals surface area (Å²) in [5.74, 6) is 0. The average Bonchev–Trinajstić information content (AvgIpc) is 2.84. The number of nitrogens with zero attached hydrogens (tertiary/aromatic N) is 1. The minimum absolute atomic E-state index is 0.139. The monoisotopic (exact) mass is 418 g/mol. The van der Waals surface area contributed by atoms with E-state index >= 15 is 0 Å². The molecule has 2 heterocycles. The first-order valence-electron chi connectivity index (χ1n) is 10.7. The van der Waals surface area contributed by atoms with Gasteiger partial charge in [0.15, 0.2) is 0 Å². The molecule has 5 aromatic rings. The van der Waals surface area contributed by atoms with Crippen LogP contribution in [0.1, 0.15) is 11.1 Å². The van der Waals surface area contributed by atoms with Gasteiger partial charge in [0.1, 0.15) is 0 Å². The van der Waals surface area contributed by atoms with Crippen molar-refractivity contribution in [3.8, 4) is 33.5 Å². The minimum Gasteiger partial charge on any atom is -0.354 e. The average molecular weight is 419 g/mol. The van der Waals surface area contributed by atoms with Gasteiger partial charge >= 0.3 is 0 Å². The van der Waals surface area contributed by atoms with Crippen molar-refractivity contribution in [2.75, 3.05) is 0 Å². The highest BCUT2D eigenvalue weighted by Crippen LogP contribution is 2.35. The Hall–Kier alpha value is -4.02. The number of benzene rings is 3. The number of hydrogen-bond acceptors (Lipinski definition) is 2. The summed E-state index contributed by atoms with van der Waals surface area (Å²) in [4.78, 5) is 20.9. The second-order valence-electron chi connectivity index (χ2n) is 7.99. The van der Waals surface area contributed by atoms with Crippen molar-refractivity contribution in [1.82, 2.24) is 9.97 Å². The third kappa shape index (κ3) is 3.61. The Morgan fingerprint density at radius 1 is 0.812 bits per heavy atom. The Kier molecular flexibility index (Phi) is 5.13. The van der Waals surface area contributed by atoms with E-state index in [-0.39, 0.29) is 5.56 Å². The lowest BCUT2D eigenvalue weighted by Crippen LogP contribution is -2.47. The molecule has 156 valence electrons. The molecule has 4 nitrogen and oxygen atoms in total. The van der Waals surface area contributed by atoms with Gasteiger partial charge in [0.25, 0.3) is 5.56 Å². The van der Waals surface area contributed by atoms with Crippen molar-refractivity contribution in [1.29, 1.82) is 0 Å². The number of hydrogen-bond donors (Lipinski definition) is 2. The Balaban J connectivity index is 1.84. The lowest BCUT2D eigenvalue weighted by Gasteiger charge is -2.14. The Labute approximate surface area is 186 Å². The van der Waals surface area contributed by atoms with Crippen LogP contribution in [0.2, 0.25) is 0 Å². The first kappa shape index (κ1) is 19.9. The summed E-state index contributed by atoms with van der Waals surface area (Å²) in [7, 11) is 0. The standard InChI is InChI=1S/C28H23N3O/c1-18-6-5-9-22(14-18)25-17-30-28(32)24-15-23(20-7-3-2-4-8-20)26(31-27(24)25)21-12-10-19(16-29)11-13-21/h2-15,17H,16,29H2,1H3,(H,30,32)/p+1. The van der Waals surface area contributed by atoms with E-state index in [0.29, 0.717) is 10.9 Å². The first-order valence-corrected chi connectivity index (χ1v) is 10.7. The van der Waals surface area contributed by atoms with E-state index < -0.39 is 0 Å². The van der Waals surface area contributed by atoms with E-state index in [4.69, 9.17) is 4.98 Å². The molecule has 5 rings (SSSR count). The molecule has 0 fully saturated rings. The lowest BCUT2D eigenvalue weighted by molar-refractivity contribution is -0.386. The number of nitrogens with one attached hydrogen (secondary N) is 1. The summed E-state index contributed by atoms with van der Waals surface area (Å²) >= 11 is 0. The van der Waals surface area contributed by atoms with Crippen LogP contribution in [0.5, 0.6) is 0 Å². The van der Waals surface area contributed by atoms with Crippen molar-refractivity contribution < 1.29 is 5.73 Å². The number of H-pyrrole nitrogens is 1. The maximum Gasteiger partial charge on any atom is 0.257 e. The van der Waals surface area contributed by atoms with Gasteiger partial charge in [0.05, 0.1) is 23.1 Å². The number of rotatable bonds is 4. The van der Waals surface area contributed by atoms with Gasteiger partial charge in [-0.05, 0) is 24.1 Å². The van der Waals surface area contributed by atoms with E-state index in [1.54, 1.807) is 6.20 Å². The third-order valence-electron chi connectivity index (χ3n) is 5.80. The molecule has 0 atom stereocenters. The molecular formula is C28H24N3O+. The van der Waals surface area contributed by atoms with Gasteiger partial charge in [-0.1, -0.05) is 84.4 Å². The molecule has 4 N–H and O–H groups in total. The van der Waals surface area contributed by atoms with Crippen molar-refractivity contribution in [2.24, 2.45) is 0 Å². The largest absolute Gasteiger partial charge is 0.354 e. The minimum atomic E-state index is -0.139. The van der Waals surface area contributed by atoms with Crippen molar-refractivity contribution in [3.63, 3.8) is 0 Å². The van der Waals surface area contributed by atoms with E-state index in [9.17, 15) is 4.79 Å². The lowest BCUT2D eigenvalue weighted by atomic mass is 9.95. The SMILES string of the molecule is Cc1cccc(-c2c[nH]c(=O)c3cc(-c4ccccc4)c(-c4ccc(C[NH3+])cc4)nc23)c1. The second kappa shape index (κ2) is 8.25. The molecule has 32 heavy (non-hydrogen) atoms. The van der Waals surface area contributed by atoms with Crippen LogP contribution in [-0.2, 0) is 6.54 Å². The Bertz CT molecular complexity index is 1470. The summed E-state index contributed by atoms with van der Waals surface area (Å²) in [5.41, 5.74) is 12.7. The molecule has 0 spiro atoms. The summed E-state index contributed by atoms with van der Waals surface area (Å²) in [6.45, 7) is 2.80. The molecule has 0 saturated heterocycles. The van der Waals surface area contributed by atoms with Crippen LogP contribution < -0.4 is 11.3 Å². The van der Waals surface area contributed by atoms with Gasteiger partial charge < -0.3 is 10.7 Å². The Morgan fingerprint density at radius 2 is 1.56 bits per heavy atom. The van der Waals surface area contributed by atoms with Crippen LogP contribution in [0, 0.1) is 6.92 Å². The van der Waals surface area contributed by atoms with Crippen LogP contribution >= 0.6 is 0 Å². The topological polar surface area (TPSA) is 73.4 Å². The van der Waals surface area contributed by atoms with Gasteiger partial charge in [0.2, 0.25) is 0 Å². The first-order chi connectivity index (χ1) is 15.6. The summed E-state index contributed by atoms with van der Waals surface area (Å²) in [6, 6.07) is 28.7. The second-order valence-corrected chi connectivity index (χ2v) is 7.99. The molecule has 0 aliphatic carbocycles. The molecule has 4 heteroatoms. The van der Waals surface area contributed by atoms with E-state index in [1.165, 1.54) is 5.56 Å². The maximum absolute atomic E-state index is 12.8. The van der Waals surface area contributed by atoms with Crippen molar-refractivity contribution >= 4 is 10.9 Å². The zero-order chi connectivity index (χ0) is 22.1. The van der Waals surface area contributed by atoms with Crippen LogP contribution in [0.3, 0.4) is 0 Å². The quantitative estimate of drug-likeness (QED) is 0.432. The van der Waals surface area contributed by atoms with Gasteiger partial charge in [-0.25, -0.2) is 4.98 Å². The van der Waals surface area contributed by atoms with Gasteiger partial charge in [-0.3, -0.25) is 4.79 Å². The zero-order valence-electron chi connectivity index (χ0n) is 17.9. The fourth-order valence-corrected chi connectivity index (χ4v) is 4.10. The Morgan fingerprint density at radius 3 is 2.28 bits per heavy atom. The third-order valence-corrected chi connectivity index (χ3v) is 5.80. The van der Waals surface area contributed by atoms with Gasteiger partial charge in [-0.2, -0.15) is 0 Å². The smallest absolute Gasteiger partial charge is 0.257 e. The molecule has 0 aliphatic heterocycles. The van der Waals surface area contributed by atoms with Gasteiger partial charge in [0, 0.05) is 28.5 Å². The number of pyridine rings is 2. The van der Waals surface area contributed by atoms with Crippen LogP contribution in [0.25, 0.3) is 44.4 Å². The normalized spacial score (nSPS) is 11.1. The molecule has 3 aromatic carbocycles. The summed E-state index contributed by atoms with van der Waals surface area (Å²) < 4.78 is 0. The van der Waals surface area contributed by atoms with Crippen molar-refractivity contribution in [3.05, 3.63) is 113 Å². The van der Waals surface area contributed by atoms with E-state index in [1.807, 2.05) is 30.3 Å². The van der Waals surface area contributed by atoms with E-state index in [2.05, 4.69) is 72.2 Å². The van der Waals surface area contributed by atoms with Crippen LogP contribution in [0.4, 0.5) is 0 Å². The molecule has 0 unspecified atom stereocenters. The predicted octanol–water partition coefficient (Wildman–Crippen LogP) is 4.97. The van der Waals surface area contributed by atoms with Crippen LogP contribution in [0.15, 0.2) is 95.9 Å². The number of aryl methyl sites for hydroxylation is 1. The molecule has 0 bridgehead atoms. The predicted molar refractivity (Wildman–Crippen MR) is 130 cm³/mol. The zero-order valence-corrected chi connectivity index (χ0v) is 17.9. The molecular weight excluding hydrogens is 394 g/mol. The number of aromatic nitrogens is 2. The number of fused-ring (bicyclic) bond motifs is 1. The van der Waals surface area contributed by atoms with Crippen LogP contribution in [-0.4, -0.2) is 9.97 Å². The fraction of sp³-hybridized carbons (Fsp3) is 0.0714. The molecule has 2 aromatic heterocycles. The summed E-state index contributed by atoms with van der Waals surface area (Å²) in [5, 5.41) is 0.584. The molecule has 0 amide bonds. The molecule has 0 saturated carbocycles. The molecule has 0 aliphatic rings. The highest BCUT2D eigenvalue weighted by Gasteiger charge is 2.16. The molecule has 0 radical (unpaired) electrons. The fourth-order valence-electron chi connectivity index (χ4n) is 4.10. The number of quaternary nitrogens is 1. The summed E-state index contributed by atoms with van der Waals surface area (Å²) in [6.07, 6.45) is 1.77. The highest BCUT2D eigenvalue weighted by atomic mass is 16.1. The maximum atomic E-state index is 12.8. The van der Waals surface area contributed by atoms with Gasteiger partial charge in [-0.15, -0.1) is 0 Å².